The van der Waals surface area contributed by atoms with Crippen molar-refractivity contribution in [1.29, 1.82) is 0 Å². The molecule has 36 heavy (non-hydrogen) atoms. The van der Waals surface area contributed by atoms with Crippen LogP contribution in [0.25, 0.3) is 22.3 Å². The number of aromatic nitrogens is 3. The maximum Gasteiger partial charge on any atom is 0.248 e. The van der Waals surface area contributed by atoms with Gasteiger partial charge in [-0.3, -0.25) is 4.79 Å². The summed E-state index contributed by atoms with van der Waals surface area (Å²) in [6.45, 7) is 6.29. The standard InChI is InChI=1S/C27H27ClN6O2/c1-3-36-24-10-7-18(14-20(24)28)21-8-9-22-25(33-21)26(31-16-30-22)34-12-11-29-15-23(34)27(35)32-19-6-4-5-17(2)13-19/h4-10,13-14,16,23,29H,3,11-12,15H2,1-2H3,(H,32,35). The molecule has 184 valence electrons. The van der Waals surface area contributed by atoms with E-state index in [1.165, 1.54) is 6.33 Å². The number of piperazine rings is 1. The van der Waals surface area contributed by atoms with Gasteiger partial charge in [-0.1, -0.05) is 23.7 Å². The van der Waals surface area contributed by atoms with E-state index >= 15 is 0 Å². The number of benzene rings is 2. The van der Waals surface area contributed by atoms with Crippen LogP contribution in [0.4, 0.5) is 11.5 Å². The van der Waals surface area contributed by atoms with Crippen LogP contribution in [-0.4, -0.2) is 53.1 Å². The number of rotatable bonds is 6. The number of amides is 1. The fourth-order valence-corrected chi connectivity index (χ4v) is 4.61. The van der Waals surface area contributed by atoms with Crippen molar-refractivity contribution in [3.05, 3.63) is 71.5 Å². The normalized spacial score (nSPS) is 15.6. The molecule has 3 heterocycles. The number of aryl methyl sites for hydroxylation is 1. The molecule has 1 amide bonds. The third-order valence-corrected chi connectivity index (χ3v) is 6.39. The maximum atomic E-state index is 13.3. The first-order valence-electron chi connectivity index (χ1n) is 11.9. The highest BCUT2D eigenvalue weighted by Gasteiger charge is 2.31. The Labute approximate surface area is 214 Å². The highest BCUT2D eigenvalue weighted by atomic mass is 35.5. The van der Waals surface area contributed by atoms with Gasteiger partial charge in [0.15, 0.2) is 5.82 Å². The number of hydrogen-bond acceptors (Lipinski definition) is 7. The lowest BCUT2D eigenvalue weighted by molar-refractivity contribution is -0.117. The van der Waals surface area contributed by atoms with Gasteiger partial charge >= 0.3 is 0 Å². The second-order valence-electron chi connectivity index (χ2n) is 8.61. The van der Waals surface area contributed by atoms with E-state index in [0.717, 1.165) is 29.1 Å². The molecule has 9 heteroatoms. The lowest BCUT2D eigenvalue weighted by atomic mass is 10.1. The molecule has 2 N–H and O–H groups in total. The van der Waals surface area contributed by atoms with E-state index in [2.05, 4.69) is 20.6 Å². The summed E-state index contributed by atoms with van der Waals surface area (Å²) in [6, 6.07) is 16.7. The van der Waals surface area contributed by atoms with Gasteiger partial charge in [-0.05, 0) is 61.9 Å². The molecule has 1 aliphatic heterocycles. The zero-order valence-electron chi connectivity index (χ0n) is 20.2. The molecule has 1 saturated heterocycles. The first-order valence-corrected chi connectivity index (χ1v) is 12.3. The Balaban J connectivity index is 1.49. The number of ether oxygens (including phenoxy) is 1. The minimum absolute atomic E-state index is 0.103. The summed E-state index contributed by atoms with van der Waals surface area (Å²) in [5.74, 6) is 1.16. The maximum absolute atomic E-state index is 13.3. The first-order chi connectivity index (χ1) is 17.5. The first kappa shape index (κ1) is 24.0. The molecule has 0 spiro atoms. The molecule has 4 aromatic rings. The summed E-state index contributed by atoms with van der Waals surface area (Å²) < 4.78 is 5.56. The third kappa shape index (κ3) is 4.96. The molecule has 0 saturated carbocycles. The van der Waals surface area contributed by atoms with E-state index < -0.39 is 6.04 Å². The van der Waals surface area contributed by atoms with Crippen LogP contribution < -0.4 is 20.3 Å². The van der Waals surface area contributed by atoms with Crippen LogP contribution in [0.2, 0.25) is 5.02 Å². The van der Waals surface area contributed by atoms with E-state index in [9.17, 15) is 4.79 Å². The Morgan fingerprint density at radius 1 is 1.19 bits per heavy atom. The average Bonchev–Trinajstić information content (AvgIpc) is 2.89. The molecule has 1 aliphatic rings. The number of pyridine rings is 1. The van der Waals surface area contributed by atoms with E-state index in [0.29, 0.717) is 47.3 Å². The smallest absolute Gasteiger partial charge is 0.248 e. The van der Waals surface area contributed by atoms with Crippen molar-refractivity contribution >= 4 is 40.0 Å². The van der Waals surface area contributed by atoms with Crippen molar-refractivity contribution in [1.82, 2.24) is 20.3 Å². The van der Waals surface area contributed by atoms with Gasteiger partial charge < -0.3 is 20.3 Å². The Kier molecular flexibility index (Phi) is 6.97. The fraction of sp³-hybridized carbons (Fsp3) is 0.259. The summed E-state index contributed by atoms with van der Waals surface area (Å²) >= 11 is 6.42. The van der Waals surface area contributed by atoms with E-state index in [4.69, 9.17) is 21.3 Å². The summed E-state index contributed by atoms with van der Waals surface area (Å²) in [7, 11) is 0. The number of anilines is 2. The van der Waals surface area contributed by atoms with Crippen LogP contribution in [0.5, 0.6) is 5.75 Å². The predicted molar refractivity (Wildman–Crippen MR) is 143 cm³/mol. The van der Waals surface area contributed by atoms with E-state index in [1.807, 2.05) is 73.3 Å². The number of carbonyl (C=O) groups excluding carboxylic acids is 1. The van der Waals surface area contributed by atoms with Crippen molar-refractivity contribution in [3.8, 4) is 17.0 Å². The monoisotopic (exact) mass is 502 g/mol. The van der Waals surface area contributed by atoms with E-state index in [-0.39, 0.29) is 5.91 Å². The number of halogens is 1. The van der Waals surface area contributed by atoms with Crippen LogP contribution in [-0.2, 0) is 4.79 Å². The van der Waals surface area contributed by atoms with Crippen LogP contribution in [0.3, 0.4) is 0 Å². The van der Waals surface area contributed by atoms with Gasteiger partial charge in [0.2, 0.25) is 5.91 Å². The summed E-state index contributed by atoms with van der Waals surface area (Å²) in [4.78, 5) is 29.2. The zero-order chi connectivity index (χ0) is 25.1. The molecule has 0 radical (unpaired) electrons. The lowest BCUT2D eigenvalue weighted by Crippen LogP contribution is -2.57. The molecule has 2 aromatic carbocycles. The van der Waals surface area contributed by atoms with Crippen LogP contribution in [0.15, 0.2) is 60.9 Å². The van der Waals surface area contributed by atoms with Crippen LogP contribution >= 0.6 is 11.6 Å². The molecule has 0 aliphatic carbocycles. The average molecular weight is 503 g/mol. The minimum Gasteiger partial charge on any atom is -0.492 e. The second-order valence-corrected chi connectivity index (χ2v) is 9.02. The van der Waals surface area contributed by atoms with Crippen LogP contribution in [0.1, 0.15) is 12.5 Å². The lowest BCUT2D eigenvalue weighted by Gasteiger charge is -2.36. The molecule has 0 bridgehead atoms. The molecule has 2 aromatic heterocycles. The molecule has 1 unspecified atom stereocenters. The van der Waals surface area contributed by atoms with Crippen LogP contribution in [0, 0.1) is 6.92 Å². The highest BCUT2D eigenvalue weighted by molar-refractivity contribution is 6.32. The molecular weight excluding hydrogens is 476 g/mol. The fourth-order valence-electron chi connectivity index (χ4n) is 4.37. The van der Waals surface area contributed by atoms with Gasteiger partial charge in [0.05, 0.1) is 22.8 Å². The third-order valence-electron chi connectivity index (χ3n) is 6.09. The molecule has 1 fully saturated rings. The predicted octanol–water partition coefficient (Wildman–Crippen LogP) is 4.47. The van der Waals surface area contributed by atoms with Gasteiger partial charge in [0.1, 0.15) is 23.6 Å². The van der Waals surface area contributed by atoms with Crippen molar-refractivity contribution in [3.63, 3.8) is 0 Å². The van der Waals surface area contributed by atoms with Gasteiger partial charge in [0, 0.05) is 30.9 Å². The topological polar surface area (TPSA) is 92.3 Å². The summed E-state index contributed by atoms with van der Waals surface area (Å²) in [6.07, 6.45) is 1.52. The molecule has 5 rings (SSSR count). The number of nitrogens with zero attached hydrogens (tertiary/aromatic N) is 4. The number of fused-ring (bicyclic) bond motifs is 1. The quantitative estimate of drug-likeness (QED) is 0.402. The number of nitrogens with one attached hydrogen (secondary N) is 2. The second kappa shape index (κ2) is 10.5. The highest BCUT2D eigenvalue weighted by Crippen LogP contribution is 2.32. The van der Waals surface area contributed by atoms with Crippen molar-refractivity contribution < 1.29 is 9.53 Å². The van der Waals surface area contributed by atoms with Crippen molar-refractivity contribution in [2.75, 3.05) is 36.5 Å². The Morgan fingerprint density at radius 3 is 2.89 bits per heavy atom. The molecule has 1 atom stereocenters. The number of carbonyl (C=O) groups is 1. The van der Waals surface area contributed by atoms with Gasteiger partial charge in [-0.2, -0.15) is 0 Å². The Bertz CT molecular complexity index is 1410. The van der Waals surface area contributed by atoms with Gasteiger partial charge in [-0.15, -0.1) is 0 Å². The number of hydrogen-bond donors (Lipinski definition) is 2. The van der Waals surface area contributed by atoms with E-state index in [1.54, 1.807) is 0 Å². The molecule has 8 nitrogen and oxygen atoms in total. The van der Waals surface area contributed by atoms with Crippen molar-refractivity contribution in [2.45, 2.75) is 19.9 Å². The SMILES string of the molecule is CCOc1ccc(-c2ccc3ncnc(N4CCNCC4C(=O)Nc4cccc(C)c4)c3n2)cc1Cl. The molecular formula is C27H27ClN6O2. The van der Waals surface area contributed by atoms with Gasteiger partial charge in [-0.25, -0.2) is 15.0 Å². The zero-order valence-corrected chi connectivity index (χ0v) is 20.9. The van der Waals surface area contributed by atoms with Crippen molar-refractivity contribution in [2.24, 2.45) is 0 Å². The minimum atomic E-state index is -0.456. The Hall–Kier alpha value is -3.75. The largest absolute Gasteiger partial charge is 0.492 e. The summed E-state index contributed by atoms with van der Waals surface area (Å²) in [5, 5.41) is 6.90. The Morgan fingerprint density at radius 2 is 2.08 bits per heavy atom. The summed E-state index contributed by atoms with van der Waals surface area (Å²) in [5.41, 5.74) is 4.78. The van der Waals surface area contributed by atoms with Gasteiger partial charge in [0.25, 0.3) is 0 Å².